The van der Waals surface area contributed by atoms with Gasteiger partial charge in [0, 0.05) is 25.2 Å². The Labute approximate surface area is 126 Å². The third kappa shape index (κ3) is 3.68. The molecule has 2 aromatic rings. The van der Waals surface area contributed by atoms with Gasteiger partial charge in [-0.25, -0.2) is 4.98 Å². The molecule has 2 rings (SSSR count). The normalized spacial score (nSPS) is 12.6. The molecule has 0 bridgehead atoms. The summed E-state index contributed by atoms with van der Waals surface area (Å²) in [5.41, 5.74) is 0.931. The highest BCUT2D eigenvalue weighted by atomic mass is 35.5. The molecule has 1 N–H and O–H groups in total. The number of rotatable bonds is 6. The largest absolute Gasteiger partial charge is 0.383 e. The molecule has 0 radical (unpaired) electrons. The van der Waals surface area contributed by atoms with Crippen molar-refractivity contribution in [3.63, 3.8) is 0 Å². The number of thiazole rings is 1. The van der Waals surface area contributed by atoms with Crippen LogP contribution in [0.2, 0.25) is 10.0 Å². The van der Waals surface area contributed by atoms with Gasteiger partial charge in [-0.1, -0.05) is 35.3 Å². The SMILES string of the molecule is COCCNC(c1nccs1)c1cccc(Cl)c1Cl. The first-order valence-electron chi connectivity index (χ1n) is 5.79. The Kier molecular flexibility index (Phi) is 5.60. The first-order valence-corrected chi connectivity index (χ1v) is 7.43. The van der Waals surface area contributed by atoms with Crippen LogP contribution in [-0.2, 0) is 4.74 Å². The number of ether oxygens (including phenoxy) is 1. The third-order valence-corrected chi connectivity index (χ3v) is 4.32. The summed E-state index contributed by atoms with van der Waals surface area (Å²) in [6.07, 6.45) is 1.78. The fourth-order valence-electron chi connectivity index (χ4n) is 1.76. The molecule has 102 valence electrons. The molecule has 0 aliphatic carbocycles. The summed E-state index contributed by atoms with van der Waals surface area (Å²) in [5.74, 6) is 0. The van der Waals surface area contributed by atoms with E-state index in [1.807, 2.05) is 17.5 Å². The molecule has 0 aliphatic heterocycles. The van der Waals surface area contributed by atoms with Crippen molar-refractivity contribution in [3.05, 3.63) is 50.4 Å². The first-order chi connectivity index (χ1) is 9.24. The number of nitrogens with one attached hydrogen (secondary N) is 1. The predicted octanol–water partition coefficient (Wildman–Crippen LogP) is 3.78. The molecule has 3 nitrogen and oxygen atoms in total. The summed E-state index contributed by atoms with van der Waals surface area (Å²) in [4.78, 5) is 4.36. The second-order valence-corrected chi connectivity index (χ2v) is 5.60. The lowest BCUT2D eigenvalue weighted by molar-refractivity contribution is 0.197. The Hall–Kier alpha value is -0.650. The standard InChI is InChI=1S/C13H14Cl2N2OS/c1-18-7-5-16-12(13-17-6-8-19-13)9-3-2-4-10(14)11(9)15/h2-4,6,8,12,16H,5,7H2,1H3. The number of hydrogen-bond donors (Lipinski definition) is 1. The van der Waals surface area contributed by atoms with Gasteiger partial charge in [-0.3, -0.25) is 0 Å². The number of hydrogen-bond acceptors (Lipinski definition) is 4. The molecule has 1 heterocycles. The Bertz CT molecular complexity index is 519. The van der Waals surface area contributed by atoms with Crippen molar-refractivity contribution >= 4 is 34.5 Å². The molecule has 0 aliphatic rings. The Morgan fingerprint density at radius 2 is 2.26 bits per heavy atom. The van der Waals surface area contributed by atoms with E-state index in [-0.39, 0.29) is 6.04 Å². The summed E-state index contributed by atoms with van der Waals surface area (Å²) >= 11 is 14.0. The molecular formula is C13H14Cl2N2OS. The minimum atomic E-state index is -0.0682. The van der Waals surface area contributed by atoms with Crippen LogP contribution in [0.25, 0.3) is 0 Å². The van der Waals surface area contributed by atoms with Crippen LogP contribution < -0.4 is 5.32 Å². The maximum atomic E-state index is 6.29. The predicted molar refractivity (Wildman–Crippen MR) is 80.3 cm³/mol. The van der Waals surface area contributed by atoms with Gasteiger partial charge in [-0.15, -0.1) is 11.3 Å². The van der Waals surface area contributed by atoms with Gasteiger partial charge < -0.3 is 10.1 Å². The van der Waals surface area contributed by atoms with Crippen LogP contribution in [0.1, 0.15) is 16.6 Å². The number of benzene rings is 1. The minimum Gasteiger partial charge on any atom is -0.383 e. The molecule has 0 amide bonds. The van der Waals surface area contributed by atoms with Gasteiger partial charge in [0.1, 0.15) is 5.01 Å². The number of halogens is 2. The smallest absolute Gasteiger partial charge is 0.114 e. The molecule has 0 saturated carbocycles. The highest BCUT2D eigenvalue weighted by Gasteiger charge is 2.19. The van der Waals surface area contributed by atoms with E-state index in [0.29, 0.717) is 23.2 Å². The monoisotopic (exact) mass is 316 g/mol. The van der Waals surface area contributed by atoms with Gasteiger partial charge in [-0.05, 0) is 11.6 Å². The molecule has 0 fully saturated rings. The van der Waals surface area contributed by atoms with Crippen LogP contribution in [-0.4, -0.2) is 25.2 Å². The number of nitrogens with zero attached hydrogens (tertiary/aromatic N) is 1. The summed E-state index contributed by atoms with van der Waals surface area (Å²) in [6.45, 7) is 1.34. The average molecular weight is 317 g/mol. The summed E-state index contributed by atoms with van der Waals surface area (Å²) in [7, 11) is 1.67. The van der Waals surface area contributed by atoms with Crippen molar-refractivity contribution in [1.82, 2.24) is 10.3 Å². The molecular weight excluding hydrogens is 303 g/mol. The lowest BCUT2D eigenvalue weighted by atomic mass is 10.1. The first kappa shape index (κ1) is 14.8. The lowest BCUT2D eigenvalue weighted by Crippen LogP contribution is -2.26. The van der Waals surface area contributed by atoms with Gasteiger partial charge >= 0.3 is 0 Å². The minimum absolute atomic E-state index is 0.0682. The quantitative estimate of drug-likeness (QED) is 0.824. The zero-order chi connectivity index (χ0) is 13.7. The zero-order valence-corrected chi connectivity index (χ0v) is 12.7. The summed E-state index contributed by atoms with van der Waals surface area (Å²) in [6, 6.07) is 5.56. The third-order valence-electron chi connectivity index (χ3n) is 2.65. The summed E-state index contributed by atoms with van der Waals surface area (Å²) in [5, 5.41) is 7.40. The van der Waals surface area contributed by atoms with Crippen LogP contribution in [0.3, 0.4) is 0 Å². The lowest BCUT2D eigenvalue weighted by Gasteiger charge is -2.18. The number of methoxy groups -OCH3 is 1. The fourth-order valence-corrected chi connectivity index (χ4v) is 2.90. The van der Waals surface area contributed by atoms with Crippen LogP contribution in [0.5, 0.6) is 0 Å². The second-order valence-electron chi connectivity index (χ2n) is 3.89. The van der Waals surface area contributed by atoms with E-state index in [0.717, 1.165) is 10.6 Å². The van der Waals surface area contributed by atoms with Gasteiger partial charge in [0.05, 0.1) is 22.7 Å². The van der Waals surface area contributed by atoms with E-state index in [1.165, 1.54) is 0 Å². The molecule has 19 heavy (non-hydrogen) atoms. The molecule has 1 aromatic heterocycles. The van der Waals surface area contributed by atoms with Crippen molar-refractivity contribution < 1.29 is 4.74 Å². The molecule has 1 atom stereocenters. The molecule has 0 saturated heterocycles. The van der Waals surface area contributed by atoms with Crippen molar-refractivity contribution in [2.45, 2.75) is 6.04 Å². The van der Waals surface area contributed by atoms with Crippen LogP contribution >= 0.6 is 34.5 Å². The van der Waals surface area contributed by atoms with Crippen molar-refractivity contribution in [2.24, 2.45) is 0 Å². The maximum Gasteiger partial charge on any atom is 0.114 e. The van der Waals surface area contributed by atoms with E-state index < -0.39 is 0 Å². The maximum absolute atomic E-state index is 6.29. The van der Waals surface area contributed by atoms with E-state index in [2.05, 4.69) is 10.3 Å². The fraction of sp³-hybridized carbons (Fsp3) is 0.308. The average Bonchev–Trinajstić information content (AvgIpc) is 2.92. The van der Waals surface area contributed by atoms with E-state index in [1.54, 1.807) is 30.7 Å². The van der Waals surface area contributed by atoms with E-state index in [9.17, 15) is 0 Å². The van der Waals surface area contributed by atoms with Crippen LogP contribution in [0.4, 0.5) is 0 Å². The van der Waals surface area contributed by atoms with Crippen molar-refractivity contribution in [1.29, 1.82) is 0 Å². The second kappa shape index (κ2) is 7.22. The Morgan fingerprint density at radius 1 is 1.42 bits per heavy atom. The molecule has 6 heteroatoms. The topological polar surface area (TPSA) is 34.1 Å². The van der Waals surface area contributed by atoms with Crippen LogP contribution in [0.15, 0.2) is 29.8 Å². The van der Waals surface area contributed by atoms with Gasteiger partial charge in [0.25, 0.3) is 0 Å². The van der Waals surface area contributed by atoms with Crippen LogP contribution in [0, 0.1) is 0 Å². The molecule has 1 aromatic carbocycles. The van der Waals surface area contributed by atoms with Crippen molar-refractivity contribution in [2.75, 3.05) is 20.3 Å². The Morgan fingerprint density at radius 3 is 2.95 bits per heavy atom. The highest BCUT2D eigenvalue weighted by molar-refractivity contribution is 7.09. The highest BCUT2D eigenvalue weighted by Crippen LogP contribution is 2.33. The van der Waals surface area contributed by atoms with E-state index >= 15 is 0 Å². The zero-order valence-electron chi connectivity index (χ0n) is 10.4. The van der Waals surface area contributed by atoms with E-state index in [4.69, 9.17) is 27.9 Å². The van der Waals surface area contributed by atoms with Gasteiger partial charge in [0.2, 0.25) is 0 Å². The van der Waals surface area contributed by atoms with Crippen molar-refractivity contribution in [3.8, 4) is 0 Å². The number of aromatic nitrogens is 1. The van der Waals surface area contributed by atoms with Gasteiger partial charge in [-0.2, -0.15) is 0 Å². The summed E-state index contributed by atoms with van der Waals surface area (Å²) < 4.78 is 5.06. The molecule has 1 unspecified atom stereocenters. The molecule has 0 spiro atoms. The van der Waals surface area contributed by atoms with Gasteiger partial charge in [0.15, 0.2) is 0 Å². The Balaban J connectivity index is 2.29.